The zero-order chi connectivity index (χ0) is 32.1. The predicted molar refractivity (Wildman–Crippen MR) is 178 cm³/mol. The van der Waals surface area contributed by atoms with Crippen molar-refractivity contribution in [3.05, 3.63) is 12.2 Å². The molecule has 0 aliphatic carbocycles. The number of aliphatic hydroxyl groups excluding tert-OH is 1. The first-order valence-electron chi connectivity index (χ1n) is 17.5. The van der Waals surface area contributed by atoms with E-state index in [0.29, 0.717) is 17.4 Å². The summed E-state index contributed by atoms with van der Waals surface area (Å²) in [6.45, 7) is 2.15. The van der Waals surface area contributed by atoms with Gasteiger partial charge in [0.15, 0.2) is 0 Å². The maximum atomic E-state index is 11.9. The van der Waals surface area contributed by atoms with Gasteiger partial charge in [0, 0.05) is 6.42 Å². The molecular weight excluding hydrogens is 565 g/mol. The van der Waals surface area contributed by atoms with Gasteiger partial charge in [0.25, 0.3) is 0 Å². The number of carbonyl (C=O) groups is 1. The fraction of sp³-hybridized carbons (Fsp3) is 0.912. The van der Waals surface area contributed by atoms with Crippen molar-refractivity contribution in [1.29, 1.82) is 0 Å². The number of esters is 1. The lowest BCUT2D eigenvalue weighted by Gasteiger charge is -2.24. The number of aliphatic hydroxyl groups is 1. The molecule has 0 aromatic heterocycles. The fourth-order valence-corrected chi connectivity index (χ4v) is 5.46. The number of allylic oxidation sites excluding steroid dienone is 2. The number of phosphoric acid groups is 1. The van der Waals surface area contributed by atoms with Gasteiger partial charge < -0.3 is 19.2 Å². The van der Waals surface area contributed by atoms with Gasteiger partial charge in [0.05, 0.1) is 27.7 Å². The van der Waals surface area contributed by atoms with Crippen LogP contribution in [0.5, 0.6) is 0 Å². The van der Waals surface area contributed by atoms with E-state index in [1.165, 1.54) is 116 Å². The number of phosphoric ester groups is 1. The molecular formula is C34H69NO7P+. The van der Waals surface area contributed by atoms with Crippen LogP contribution in [0.25, 0.3) is 0 Å². The number of hydrogen-bond donors (Lipinski definition) is 2. The molecule has 0 heterocycles. The van der Waals surface area contributed by atoms with Crippen LogP contribution in [-0.2, 0) is 23.1 Å². The maximum Gasteiger partial charge on any atom is 0.472 e. The molecule has 0 rings (SSSR count). The quantitative estimate of drug-likeness (QED) is 0.0250. The molecule has 256 valence electrons. The van der Waals surface area contributed by atoms with Crippen LogP contribution in [0.15, 0.2) is 12.2 Å². The first kappa shape index (κ1) is 42.2. The maximum absolute atomic E-state index is 11.9. The van der Waals surface area contributed by atoms with Crippen molar-refractivity contribution in [2.75, 3.05) is 47.5 Å². The summed E-state index contributed by atoms with van der Waals surface area (Å²) in [4.78, 5) is 21.6. The minimum Gasteiger partial charge on any atom is -0.463 e. The number of hydrogen-bond acceptors (Lipinski definition) is 6. The number of quaternary nitrogens is 1. The highest BCUT2D eigenvalue weighted by molar-refractivity contribution is 7.47. The van der Waals surface area contributed by atoms with E-state index in [-0.39, 0.29) is 19.2 Å². The molecule has 0 saturated carbocycles. The summed E-state index contributed by atoms with van der Waals surface area (Å²) < 4.78 is 27.2. The number of carbonyl (C=O) groups excluding carboxylic acids is 1. The van der Waals surface area contributed by atoms with Crippen molar-refractivity contribution in [3.8, 4) is 0 Å². The standard InChI is InChI=1S/C34H68NO7P/c1-5-6-7-8-9-10-11-12-13-14-15-16-17-18-19-20-21-22-23-24-25-26-27-28-34(37)40-31-33(36)32-42-43(38,39)41-30-29-35(2,3)4/h14-15,33,36H,5-13,16-32H2,1-4H3/p+1/b15-14-. The number of unbranched alkanes of at least 4 members (excludes halogenated alkanes) is 19. The molecule has 9 heteroatoms. The third-order valence-electron chi connectivity index (χ3n) is 7.53. The van der Waals surface area contributed by atoms with Crippen LogP contribution in [0.1, 0.15) is 148 Å². The lowest BCUT2D eigenvalue weighted by Crippen LogP contribution is -2.37. The van der Waals surface area contributed by atoms with E-state index in [1.54, 1.807) is 0 Å². The molecule has 0 fully saturated rings. The zero-order valence-electron chi connectivity index (χ0n) is 28.4. The van der Waals surface area contributed by atoms with Gasteiger partial charge in [0.2, 0.25) is 0 Å². The second-order valence-corrected chi connectivity index (χ2v) is 14.6. The van der Waals surface area contributed by atoms with Crippen molar-refractivity contribution < 1.29 is 37.6 Å². The van der Waals surface area contributed by atoms with E-state index in [4.69, 9.17) is 13.8 Å². The van der Waals surface area contributed by atoms with Gasteiger partial charge in [0.1, 0.15) is 25.9 Å². The van der Waals surface area contributed by atoms with Crippen LogP contribution in [0, 0.1) is 0 Å². The average molecular weight is 635 g/mol. The lowest BCUT2D eigenvalue weighted by molar-refractivity contribution is -0.870. The first-order valence-corrected chi connectivity index (χ1v) is 19.0. The molecule has 43 heavy (non-hydrogen) atoms. The monoisotopic (exact) mass is 634 g/mol. The van der Waals surface area contributed by atoms with Crippen molar-refractivity contribution in [3.63, 3.8) is 0 Å². The molecule has 2 atom stereocenters. The molecule has 0 saturated heterocycles. The third kappa shape index (κ3) is 34.0. The summed E-state index contributed by atoms with van der Waals surface area (Å²) in [6.07, 6.45) is 30.9. The molecule has 0 aliphatic heterocycles. The van der Waals surface area contributed by atoms with Crippen LogP contribution < -0.4 is 0 Å². The summed E-state index contributed by atoms with van der Waals surface area (Å²) in [5.74, 6) is -0.371. The van der Waals surface area contributed by atoms with Gasteiger partial charge in [-0.2, -0.15) is 0 Å². The SMILES string of the molecule is CCCCCCCCCC/C=C\CCCCCCCCCCCCCC(=O)OCC(O)COP(=O)(O)OCC[N+](C)(C)C. The number of likely N-dealkylation sites (N-methyl/N-ethyl adjacent to an activating group) is 1. The molecule has 0 radical (unpaired) electrons. The topological polar surface area (TPSA) is 102 Å². The molecule has 2 unspecified atom stereocenters. The van der Waals surface area contributed by atoms with Gasteiger partial charge >= 0.3 is 13.8 Å². The van der Waals surface area contributed by atoms with E-state index < -0.39 is 20.5 Å². The molecule has 2 N–H and O–H groups in total. The zero-order valence-corrected chi connectivity index (χ0v) is 29.3. The van der Waals surface area contributed by atoms with Gasteiger partial charge in [-0.05, 0) is 32.1 Å². The second-order valence-electron chi connectivity index (χ2n) is 13.1. The smallest absolute Gasteiger partial charge is 0.463 e. The van der Waals surface area contributed by atoms with Crippen molar-refractivity contribution in [1.82, 2.24) is 0 Å². The molecule has 0 aromatic carbocycles. The third-order valence-corrected chi connectivity index (χ3v) is 8.51. The van der Waals surface area contributed by atoms with Gasteiger partial charge in [-0.25, -0.2) is 4.57 Å². The van der Waals surface area contributed by atoms with E-state index in [1.807, 2.05) is 21.1 Å². The van der Waals surface area contributed by atoms with Crippen LogP contribution in [0.4, 0.5) is 0 Å². The largest absolute Gasteiger partial charge is 0.472 e. The molecule has 0 aromatic rings. The summed E-state index contributed by atoms with van der Waals surface area (Å²) in [5.41, 5.74) is 0. The fourth-order valence-electron chi connectivity index (χ4n) is 4.71. The van der Waals surface area contributed by atoms with Crippen molar-refractivity contribution in [2.24, 2.45) is 0 Å². The van der Waals surface area contributed by atoms with Gasteiger partial charge in [-0.1, -0.05) is 122 Å². The molecule has 0 spiro atoms. The average Bonchev–Trinajstić information content (AvgIpc) is 2.94. The van der Waals surface area contributed by atoms with E-state index in [0.717, 1.165) is 19.3 Å². The first-order chi connectivity index (χ1) is 20.6. The molecule has 0 aliphatic rings. The van der Waals surface area contributed by atoms with Crippen LogP contribution in [0.2, 0.25) is 0 Å². The summed E-state index contributed by atoms with van der Waals surface area (Å²) in [7, 11) is 1.57. The van der Waals surface area contributed by atoms with Crippen molar-refractivity contribution in [2.45, 2.75) is 154 Å². The Hall–Kier alpha value is -0.760. The Morgan fingerprint density at radius 3 is 1.60 bits per heavy atom. The van der Waals surface area contributed by atoms with Gasteiger partial charge in [-0.3, -0.25) is 13.8 Å². The van der Waals surface area contributed by atoms with E-state index in [9.17, 15) is 19.4 Å². The minimum absolute atomic E-state index is 0.0557. The Labute approximate surface area is 265 Å². The summed E-state index contributed by atoms with van der Waals surface area (Å²) >= 11 is 0. The molecule has 0 bridgehead atoms. The van der Waals surface area contributed by atoms with Crippen molar-refractivity contribution >= 4 is 13.8 Å². The van der Waals surface area contributed by atoms with Crippen LogP contribution >= 0.6 is 7.82 Å². The number of ether oxygens (including phenoxy) is 1. The van der Waals surface area contributed by atoms with Gasteiger partial charge in [-0.15, -0.1) is 0 Å². The minimum atomic E-state index is -4.25. The number of rotatable bonds is 32. The van der Waals surface area contributed by atoms with E-state index >= 15 is 0 Å². The Bertz CT molecular complexity index is 711. The normalized spacial score (nSPS) is 14.3. The molecule has 0 amide bonds. The Morgan fingerprint density at radius 2 is 1.14 bits per heavy atom. The Kier molecular flexibility index (Phi) is 28.2. The highest BCUT2D eigenvalue weighted by Gasteiger charge is 2.24. The second kappa shape index (κ2) is 28.7. The Morgan fingerprint density at radius 1 is 0.698 bits per heavy atom. The summed E-state index contributed by atoms with van der Waals surface area (Å²) in [5, 5.41) is 9.88. The van der Waals surface area contributed by atoms with Crippen LogP contribution in [-0.4, -0.2) is 74.1 Å². The number of nitrogens with zero attached hydrogens (tertiary/aromatic N) is 1. The lowest BCUT2D eigenvalue weighted by atomic mass is 10.0. The van der Waals surface area contributed by atoms with E-state index in [2.05, 4.69) is 19.1 Å². The Balaban J connectivity index is 3.43. The highest BCUT2D eigenvalue weighted by Crippen LogP contribution is 2.43. The predicted octanol–water partition coefficient (Wildman–Crippen LogP) is 8.89. The highest BCUT2D eigenvalue weighted by atomic mass is 31.2. The molecule has 8 nitrogen and oxygen atoms in total. The summed E-state index contributed by atoms with van der Waals surface area (Å²) in [6, 6.07) is 0. The van der Waals surface area contributed by atoms with Crippen LogP contribution in [0.3, 0.4) is 0 Å².